The van der Waals surface area contributed by atoms with Gasteiger partial charge in [-0.15, -0.1) is 16.9 Å². The molecule has 7 heteroatoms. The second-order valence-corrected chi connectivity index (χ2v) is 4.83. The van der Waals surface area contributed by atoms with E-state index < -0.39 is 28.6 Å². The molecule has 1 N–H and O–H groups in total. The van der Waals surface area contributed by atoms with E-state index in [1.807, 2.05) is 0 Å². The van der Waals surface area contributed by atoms with Crippen molar-refractivity contribution in [2.75, 3.05) is 0 Å². The van der Waals surface area contributed by atoms with Crippen molar-refractivity contribution in [3.05, 3.63) is 35.4 Å². The van der Waals surface area contributed by atoms with Crippen molar-refractivity contribution in [1.29, 1.82) is 0 Å². The van der Waals surface area contributed by atoms with Crippen LogP contribution in [0.4, 0.5) is 8.78 Å². The Balaban J connectivity index is 0.00000289. The van der Waals surface area contributed by atoms with Crippen molar-refractivity contribution in [2.24, 2.45) is 0 Å². The zero-order valence-corrected chi connectivity index (χ0v) is 11.7. The Labute approximate surface area is 116 Å². The number of carbonyl (C=O) groups excluding carboxylic acids is 1. The standard InChI is InChI=1S/C11H13ClF2N2O.ClH/c1-11(2,3)16(12)15-10(17)9-7(13)5-4-6-8(9)14;/h4-6H,1-3H3,(H,15,17);1H. The van der Waals surface area contributed by atoms with Crippen LogP contribution in [0.25, 0.3) is 0 Å². The lowest BCUT2D eigenvalue weighted by Gasteiger charge is -2.28. The third-order valence-corrected chi connectivity index (χ3v) is 2.57. The highest BCUT2D eigenvalue weighted by Gasteiger charge is 2.24. The van der Waals surface area contributed by atoms with Crippen LogP contribution in [-0.4, -0.2) is 16.0 Å². The van der Waals surface area contributed by atoms with Gasteiger partial charge < -0.3 is 0 Å². The lowest BCUT2D eigenvalue weighted by Crippen LogP contribution is -2.47. The van der Waals surface area contributed by atoms with E-state index in [-0.39, 0.29) is 12.4 Å². The number of nitrogens with one attached hydrogen (secondary N) is 1. The van der Waals surface area contributed by atoms with Gasteiger partial charge in [0.1, 0.15) is 17.2 Å². The molecule has 1 rings (SSSR count). The molecule has 0 aliphatic rings. The fourth-order valence-electron chi connectivity index (χ4n) is 1.03. The average Bonchev–Trinajstić information content (AvgIpc) is 2.15. The van der Waals surface area contributed by atoms with E-state index in [9.17, 15) is 13.6 Å². The molecule has 18 heavy (non-hydrogen) atoms. The average molecular weight is 299 g/mol. The first-order valence-electron chi connectivity index (χ1n) is 4.94. The van der Waals surface area contributed by atoms with Gasteiger partial charge in [-0.3, -0.25) is 10.2 Å². The summed E-state index contributed by atoms with van der Waals surface area (Å²) < 4.78 is 27.5. The molecule has 0 aromatic heterocycles. The van der Waals surface area contributed by atoms with Gasteiger partial charge in [-0.1, -0.05) is 6.07 Å². The Kier molecular flexibility index (Phi) is 5.99. The molecule has 0 bridgehead atoms. The molecular formula is C11H14Cl2F2N2O. The normalized spacial score (nSPS) is 11.1. The molecule has 102 valence electrons. The predicted molar refractivity (Wildman–Crippen MR) is 68.5 cm³/mol. The molecular weight excluding hydrogens is 285 g/mol. The largest absolute Gasteiger partial charge is 0.272 e. The number of rotatable bonds is 2. The summed E-state index contributed by atoms with van der Waals surface area (Å²) in [6.07, 6.45) is 0. The van der Waals surface area contributed by atoms with E-state index in [0.29, 0.717) is 0 Å². The molecule has 0 aliphatic carbocycles. The van der Waals surface area contributed by atoms with Gasteiger partial charge in [0.15, 0.2) is 0 Å². The highest BCUT2D eigenvalue weighted by Crippen LogP contribution is 2.16. The van der Waals surface area contributed by atoms with Gasteiger partial charge in [-0.2, -0.15) is 0 Å². The number of carbonyl (C=O) groups is 1. The SMILES string of the molecule is CC(C)(C)N(Cl)NC(=O)c1c(F)cccc1F.Cl. The van der Waals surface area contributed by atoms with Crippen LogP contribution >= 0.6 is 24.2 Å². The highest BCUT2D eigenvalue weighted by atomic mass is 35.5. The van der Waals surface area contributed by atoms with Crippen LogP contribution in [0.5, 0.6) is 0 Å². The van der Waals surface area contributed by atoms with Crippen LogP contribution in [0.15, 0.2) is 18.2 Å². The van der Waals surface area contributed by atoms with Crippen molar-refractivity contribution in [2.45, 2.75) is 26.3 Å². The minimum Gasteiger partial charge on any atom is -0.270 e. The smallest absolute Gasteiger partial charge is 0.270 e. The van der Waals surface area contributed by atoms with E-state index >= 15 is 0 Å². The van der Waals surface area contributed by atoms with Crippen molar-refractivity contribution in [3.63, 3.8) is 0 Å². The maximum absolute atomic E-state index is 13.3. The molecule has 0 heterocycles. The van der Waals surface area contributed by atoms with Crippen LogP contribution < -0.4 is 5.43 Å². The van der Waals surface area contributed by atoms with Gasteiger partial charge in [0, 0.05) is 17.3 Å². The molecule has 1 aromatic rings. The topological polar surface area (TPSA) is 32.3 Å². The molecule has 0 unspecified atom stereocenters. The monoisotopic (exact) mass is 298 g/mol. The third kappa shape index (κ3) is 4.08. The molecule has 1 aromatic carbocycles. The molecule has 3 nitrogen and oxygen atoms in total. The zero-order chi connectivity index (χ0) is 13.2. The Morgan fingerprint density at radius 1 is 1.28 bits per heavy atom. The lowest BCUT2D eigenvalue weighted by molar-refractivity contribution is 0.0797. The summed E-state index contributed by atoms with van der Waals surface area (Å²) in [5.74, 6) is -2.78. The van der Waals surface area contributed by atoms with Crippen LogP contribution in [0, 0.1) is 11.6 Å². The summed E-state index contributed by atoms with van der Waals surface area (Å²) >= 11 is 5.76. The summed E-state index contributed by atoms with van der Waals surface area (Å²) in [6.45, 7) is 5.20. The summed E-state index contributed by atoms with van der Waals surface area (Å²) in [5, 5.41) is 0. The second kappa shape index (κ2) is 6.31. The maximum atomic E-state index is 13.3. The molecule has 1 amide bonds. The molecule has 0 atom stereocenters. The van der Waals surface area contributed by atoms with Crippen LogP contribution in [-0.2, 0) is 0 Å². The quantitative estimate of drug-likeness (QED) is 0.671. The number of halogens is 4. The first-order chi connectivity index (χ1) is 7.73. The van der Waals surface area contributed by atoms with Gasteiger partial charge >= 0.3 is 0 Å². The molecule has 0 fully saturated rings. The number of benzene rings is 1. The van der Waals surface area contributed by atoms with E-state index in [1.165, 1.54) is 6.07 Å². The van der Waals surface area contributed by atoms with Crippen molar-refractivity contribution >= 4 is 30.1 Å². The van der Waals surface area contributed by atoms with Gasteiger partial charge in [0.2, 0.25) is 0 Å². The first kappa shape index (κ1) is 17.1. The van der Waals surface area contributed by atoms with Gasteiger partial charge in [0.05, 0.1) is 0 Å². The zero-order valence-electron chi connectivity index (χ0n) is 10.1. The van der Waals surface area contributed by atoms with Crippen LogP contribution in [0.2, 0.25) is 0 Å². The number of hydrogen-bond donors (Lipinski definition) is 1. The number of amides is 1. The summed E-state index contributed by atoms with van der Waals surface area (Å²) in [5.41, 5.74) is 0.977. The van der Waals surface area contributed by atoms with Gasteiger partial charge in [0.25, 0.3) is 5.91 Å². The van der Waals surface area contributed by atoms with Crippen molar-refractivity contribution in [1.82, 2.24) is 9.95 Å². The minimum absolute atomic E-state index is 0. The molecule has 0 saturated heterocycles. The van der Waals surface area contributed by atoms with Crippen LogP contribution in [0.1, 0.15) is 31.1 Å². The Morgan fingerprint density at radius 3 is 2.11 bits per heavy atom. The second-order valence-electron chi connectivity index (χ2n) is 4.49. The van der Waals surface area contributed by atoms with Gasteiger partial charge in [-0.05, 0) is 32.9 Å². The summed E-state index contributed by atoms with van der Waals surface area (Å²) in [6, 6.07) is 3.20. The van der Waals surface area contributed by atoms with E-state index in [2.05, 4.69) is 5.43 Å². The van der Waals surface area contributed by atoms with Crippen molar-refractivity contribution in [3.8, 4) is 0 Å². The summed E-state index contributed by atoms with van der Waals surface area (Å²) in [7, 11) is 0. The first-order valence-corrected chi connectivity index (χ1v) is 5.28. The number of hydrogen-bond acceptors (Lipinski definition) is 2. The highest BCUT2D eigenvalue weighted by molar-refractivity contribution is 6.14. The van der Waals surface area contributed by atoms with E-state index in [4.69, 9.17) is 11.8 Å². The lowest BCUT2D eigenvalue weighted by atomic mass is 10.1. The maximum Gasteiger partial charge on any atom is 0.272 e. The third-order valence-electron chi connectivity index (χ3n) is 1.98. The Morgan fingerprint density at radius 2 is 1.72 bits per heavy atom. The summed E-state index contributed by atoms with van der Waals surface area (Å²) in [4.78, 5) is 11.6. The predicted octanol–water partition coefficient (Wildman–Crippen LogP) is 3.29. The minimum atomic E-state index is -0.929. The number of nitrogens with zero attached hydrogens (tertiary/aromatic N) is 1. The van der Waals surface area contributed by atoms with E-state index in [0.717, 1.165) is 16.7 Å². The number of hydrazine groups is 1. The van der Waals surface area contributed by atoms with Crippen molar-refractivity contribution < 1.29 is 13.6 Å². The van der Waals surface area contributed by atoms with Crippen LogP contribution in [0.3, 0.4) is 0 Å². The van der Waals surface area contributed by atoms with Gasteiger partial charge in [-0.25, -0.2) is 8.78 Å². The molecule has 0 saturated carbocycles. The molecule has 0 spiro atoms. The fourth-order valence-corrected chi connectivity index (χ4v) is 1.10. The molecule has 0 radical (unpaired) electrons. The fraction of sp³-hybridized carbons (Fsp3) is 0.364. The Bertz CT molecular complexity index is 415. The van der Waals surface area contributed by atoms with E-state index in [1.54, 1.807) is 20.8 Å². The molecule has 0 aliphatic heterocycles. The Hall–Kier alpha value is -0.910.